The van der Waals surface area contributed by atoms with Gasteiger partial charge in [0.2, 0.25) is 6.33 Å². The number of aromatic nitrogens is 3. The molecule has 12 heteroatoms. The lowest BCUT2D eigenvalue weighted by atomic mass is 9.65. The monoisotopic (exact) mass is 603 g/mol. The SMILES string of the molecule is CON=C1C(Cn2c[n+](Cc3cc(C)c(OC(C)=O)c(C)c3)cn2)[C@H](COc2ccc(OC(F)(F)F)cc2)CCC1(C)C. The van der Waals surface area contributed by atoms with Crippen LogP contribution in [0.2, 0.25) is 0 Å². The molecule has 1 aliphatic rings. The topological polar surface area (TPSA) is 88.1 Å². The second kappa shape index (κ2) is 13.0. The molecule has 1 heterocycles. The van der Waals surface area contributed by atoms with Crippen LogP contribution in [0, 0.1) is 31.1 Å². The van der Waals surface area contributed by atoms with Crippen molar-refractivity contribution in [2.24, 2.45) is 22.4 Å². The van der Waals surface area contributed by atoms with Crippen molar-refractivity contribution in [2.45, 2.75) is 66.9 Å². The Bertz CT molecular complexity index is 1430. The number of carbonyl (C=O) groups excluding carboxylic acids is 1. The maximum Gasteiger partial charge on any atom is 0.573 e. The third kappa shape index (κ3) is 8.48. The number of alkyl halides is 3. The molecule has 2 atom stereocenters. The summed E-state index contributed by atoms with van der Waals surface area (Å²) in [6.45, 7) is 11.0. The smallest absolute Gasteiger partial charge is 0.493 e. The standard InChI is InChI=1S/C31H38F3N4O5/c1-20-13-23(14-21(2)28(20)42-22(3)39)15-37-18-35-38(19-37)16-27-24(11-12-30(4,5)29(27)36-40-6)17-41-25-7-9-26(10-8-25)43-31(32,33)34/h7-10,13-14,18-19,24,27H,11-12,15-17H2,1-6H3/q+1/t24-,27?/m0/s1. The van der Waals surface area contributed by atoms with Crippen molar-refractivity contribution in [3.05, 3.63) is 65.7 Å². The van der Waals surface area contributed by atoms with Crippen LogP contribution < -0.4 is 18.8 Å². The molecule has 1 unspecified atom stereocenters. The number of aryl methyl sites for hydroxylation is 2. The first-order valence-electron chi connectivity index (χ1n) is 14.0. The number of halogens is 3. The molecule has 4 rings (SSSR count). The summed E-state index contributed by atoms with van der Waals surface area (Å²) in [5.41, 5.74) is 3.53. The van der Waals surface area contributed by atoms with Gasteiger partial charge in [0.1, 0.15) is 30.9 Å². The van der Waals surface area contributed by atoms with Gasteiger partial charge in [0.15, 0.2) is 0 Å². The van der Waals surface area contributed by atoms with Gasteiger partial charge in [-0.15, -0.1) is 17.9 Å². The molecule has 0 aliphatic heterocycles. The predicted octanol–water partition coefficient (Wildman–Crippen LogP) is 5.79. The molecule has 2 aromatic carbocycles. The van der Waals surface area contributed by atoms with Gasteiger partial charge in [-0.05, 0) is 79.8 Å². The van der Waals surface area contributed by atoms with Crippen LogP contribution in [-0.2, 0) is 22.7 Å². The van der Waals surface area contributed by atoms with E-state index in [9.17, 15) is 18.0 Å². The second-order valence-corrected chi connectivity index (χ2v) is 11.6. The van der Waals surface area contributed by atoms with Gasteiger partial charge in [0.05, 0.1) is 18.9 Å². The number of hydrogen-bond donors (Lipinski definition) is 0. The highest BCUT2D eigenvalue weighted by Crippen LogP contribution is 2.41. The van der Waals surface area contributed by atoms with E-state index in [4.69, 9.17) is 14.3 Å². The molecule has 0 N–H and O–H groups in total. The number of hydrogen-bond acceptors (Lipinski definition) is 7. The Kier molecular flexibility index (Phi) is 9.66. The lowest BCUT2D eigenvalue weighted by Gasteiger charge is -2.40. The van der Waals surface area contributed by atoms with Crippen LogP contribution >= 0.6 is 0 Å². The van der Waals surface area contributed by atoms with E-state index in [2.05, 4.69) is 28.8 Å². The molecular formula is C31H38F3N4O5+. The molecule has 1 aromatic heterocycles. The van der Waals surface area contributed by atoms with Gasteiger partial charge in [0.25, 0.3) is 6.33 Å². The Morgan fingerprint density at radius 3 is 2.40 bits per heavy atom. The maximum atomic E-state index is 12.5. The predicted molar refractivity (Wildman–Crippen MR) is 152 cm³/mol. The molecule has 43 heavy (non-hydrogen) atoms. The van der Waals surface area contributed by atoms with Gasteiger partial charge in [0, 0.05) is 29.3 Å². The summed E-state index contributed by atoms with van der Waals surface area (Å²) in [5, 5.41) is 9.05. The van der Waals surface area contributed by atoms with Crippen LogP contribution in [0.25, 0.3) is 0 Å². The van der Waals surface area contributed by atoms with E-state index in [0.29, 0.717) is 31.2 Å². The molecular weight excluding hydrogens is 565 g/mol. The van der Waals surface area contributed by atoms with Crippen molar-refractivity contribution in [3.63, 3.8) is 0 Å². The van der Waals surface area contributed by atoms with Crippen molar-refractivity contribution in [3.8, 4) is 17.2 Å². The van der Waals surface area contributed by atoms with Gasteiger partial charge in [-0.25, -0.2) is 4.57 Å². The first kappa shape index (κ1) is 31.8. The Balaban J connectivity index is 1.49. The molecule has 0 saturated heterocycles. The summed E-state index contributed by atoms with van der Waals surface area (Å²) >= 11 is 0. The van der Waals surface area contributed by atoms with E-state index in [1.807, 2.05) is 41.6 Å². The lowest BCUT2D eigenvalue weighted by molar-refractivity contribution is -0.689. The first-order valence-corrected chi connectivity index (χ1v) is 14.0. The fourth-order valence-corrected chi connectivity index (χ4v) is 5.65. The number of nitrogens with zero attached hydrogens (tertiary/aromatic N) is 4. The highest BCUT2D eigenvalue weighted by Gasteiger charge is 2.43. The van der Waals surface area contributed by atoms with Gasteiger partial charge < -0.3 is 19.0 Å². The van der Waals surface area contributed by atoms with Crippen LogP contribution in [0.3, 0.4) is 0 Å². The van der Waals surface area contributed by atoms with E-state index in [-0.39, 0.29) is 29.0 Å². The normalized spacial score (nSPS) is 19.2. The molecule has 232 valence electrons. The average Bonchev–Trinajstić information content (AvgIpc) is 3.34. The van der Waals surface area contributed by atoms with Gasteiger partial charge >= 0.3 is 12.3 Å². The summed E-state index contributed by atoms with van der Waals surface area (Å²) < 4.78 is 56.7. The Hall–Kier alpha value is -4.09. The van der Waals surface area contributed by atoms with Gasteiger partial charge in [-0.1, -0.05) is 19.0 Å². The highest BCUT2D eigenvalue weighted by atomic mass is 19.4. The van der Waals surface area contributed by atoms with Crippen molar-refractivity contribution in [2.75, 3.05) is 13.7 Å². The van der Waals surface area contributed by atoms with E-state index < -0.39 is 6.36 Å². The molecule has 1 saturated carbocycles. The fraction of sp³-hybridized carbons (Fsp3) is 0.484. The minimum atomic E-state index is -4.75. The van der Waals surface area contributed by atoms with E-state index in [1.54, 1.807) is 6.33 Å². The quantitative estimate of drug-likeness (QED) is 0.126. The molecule has 0 amide bonds. The van der Waals surface area contributed by atoms with Gasteiger partial charge in [-0.2, -0.15) is 0 Å². The van der Waals surface area contributed by atoms with Crippen molar-refractivity contribution >= 4 is 11.7 Å². The van der Waals surface area contributed by atoms with Gasteiger partial charge in [-0.3, -0.25) is 4.79 Å². The van der Waals surface area contributed by atoms with Crippen LogP contribution in [0.5, 0.6) is 17.2 Å². The number of ether oxygens (including phenoxy) is 3. The third-order valence-corrected chi connectivity index (χ3v) is 7.61. The summed E-state index contributed by atoms with van der Waals surface area (Å²) in [7, 11) is 1.53. The summed E-state index contributed by atoms with van der Waals surface area (Å²) in [6, 6.07) is 9.39. The summed E-state index contributed by atoms with van der Waals surface area (Å²) in [4.78, 5) is 16.7. The minimum Gasteiger partial charge on any atom is -0.493 e. The van der Waals surface area contributed by atoms with Crippen molar-refractivity contribution < 1.29 is 41.6 Å². The first-order chi connectivity index (χ1) is 20.2. The van der Waals surface area contributed by atoms with Crippen molar-refractivity contribution in [1.29, 1.82) is 0 Å². The van der Waals surface area contributed by atoms with E-state index in [0.717, 1.165) is 35.2 Å². The minimum absolute atomic E-state index is 0.0580. The van der Waals surface area contributed by atoms with Crippen LogP contribution in [-0.4, -0.2) is 41.5 Å². The molecule has 1 fully saturated rings. The summed E-state index contributed by atoms with van der Waals surface area (Å²) in [6.07, 6.45) is 0.694. The highest BCUT2D eigenvalue weighted by molar-refractivity contribution is 5.92. The van der Waals surface area contributed by atoms with Crippen LogP contribution in [0.4, 0.5) is 13.2 Å². The maximum absolute atomic E-state index is 12.5. The van der Waals surface area contributed by atoms with E-state index in [1.165, 1.54) is 38.3 Å². The zero-order valence-corrected chi connectivity index (χ0v) is 25.3. The van der Waals surface area contributed by atoms with Crippen LogP contribution in [0.15, 0.2) is 54.2 Å². The Labute approximate surface area is 249 Å². The zero-order valence-electron chi connectivity index (χ0n) is 25.3. The second-order valence-electron chi connectivity index (χ2n) is 11.6. The zero-order chi connectivity index (χ0) is 31.4. The number of benzene rings is 2. The summed E-state index contributed by atoms with van der Waals surface area (Å²) in [5.74, 6) is 0.381. The third-order valence-electron chi connectivity index (χ3n) is 7.61. The molecule has 1 aliphatic carbocycles. The Morgan fingerprint density at radius 2 is 1.79 bits per heavy atom. The molecule has 0 bridgehead atoms. The average molecular weight is 604 g/mol. The number of oxime groups is 1. The number of carbonyl (C=O) groups is 1. The molecule has 9 nitrogen and oxygen atoms in total. The van der Waals surface area contributed by atoms with Crippen molar-refractivity contribution in [1.82, 2.24) is 9.78 Å². The number of rotatable bonds is 10. The Morgan fingerprint density at radius 1 is 1.14 bits per heavy atom. The molecule has 0 radical (unpaired) electrons. The van der Waals surface area contributed by atoms with E-state index >= 15 is 0 Å². The van der Waals surface area contributed by atoms with Crippen LogP contribution in [0.1, 0.15) is 50.3 Å². The molecule has 3 aromatic rings. The fourth-order valence-electron chi connectivity index (χ4n) is 5.65. The molecule has 0 spiro atoms. The largest absolute Gasteiger partial charge is 0.573 e. The number of esters is 1. The lowest BCUT2D eigenvalue weighted by Crippen LogP contribution is -2.44.